The Morgan fingerprint density at radius 3 is 2.24 bits per heavy atom. The molecule has 116 valence electrons. The smallest absolute Gasteiger partial charge is 0.0348 e. The number of rotatable bonds is 6. The van der Waals surface area contributed by atoms with E-state index in [0.717, 1.165) is 11.8 Å². The van der Waals surface area contributed by atoms with E-state index in [1.54, 1.807) is 0 Å². The first-order valence-corrected chi connectivity index (χ1v) is 9.22. The van der Waals surface area contributed by atoms with Gasteiger partial charge in [-0.1, -0.05) is 75.3 Å². The van der Waals surface area contributed by atoms with Crippen LogP contribution in [0.1, 0.15) is 75.8 Å². The zero-order valence-electron chi connectivity index (χ0n) is 13.4. The molecule has 0 aromatic heterocycles. The molecule has 21 heavy (non-hydrogen) atoms. The normalized spacial score (nSPS) is 22.5. The van der Waals surface area contributed by atoms with Crippen molar-refractivity contribution in [1.82, 2.24) is 5.32 Å². The van der Waals surface area contributed by atoms with Gasteiger partial charge < -0.3 is 5.32 Å². The summed E-state index contributed by atoms with van der Waals surface area (Å²) in [5.74, 6) is 1.85. The largest absolute Gasteiger partial charge is 0.310 e. The van der Waals surface area contributed by atoms with E-state index in [4.69, 9.17) is 0 Å². The SMILES string of the molecule is c1ccc(C(NCCC2CCCC2)C2CCCCC2)cc1. The van der Waals surface area contributed by atoms with Crippen LogP contribution in [0.4, 0.5) is 0 Å². The van der Waals surface area contributed by atoms with Gasteiger partial charge in [0.2, 0.25) is 0 Å². The molecule has 2 aliphatic carbocycles. The van der Waals surface area contributed by atoms with Gasteiger partial charge in [-0.15, -0.1) is 0 Å². The van der Waals surface area contributed by atoms with Crippen molar-refractivity contribution in [3.05, 3.63) is 35.9 Å². The molecule has 1 heteroatoms. The predicted octanol–water partition coefficient (Wildman–Crippen LogP) is 5.48. The van der Waals surface area contributed by atoms with Gasteiger partial charge in [-0.25, -0.2) is 0 Å². The van der Waals surface area contributed by atoms with E-state index >= 15 is 0 Å². The Balaban J connectivity index is 1.58. The molecular weight excluding hydrogens is 254 g/mol. The topological polar surface area (TPSA) is 12.0 Å². The van der Waals surface area contributed by atoms with Crippen molar-refractivity contribution in [3.8, 4) is 0 Å². The highest BCUT2D eigenvalue weighted by Gasteiger charge is 2.25. The maximum Gasteiger partial charge on any atom is 0.0348 e. The van der Waals surface area contributed by atoms with Crippen LogP contribution >= 0.6 is 0 Å². The minimum absolute atomic E-state index is 0.591. The highest BCUT2D eigenvalue weighted by atomic mass is 14.9. The summed E-state index contributed by atoms with van der Waals surface area (Å²) < 4.78 is 0. The third-order valence-corrected chi connectivity index (χ3v) is 5.67. The second-order valence-electron chi connectivity index (χ2n) is 7.18. The van der Waals surface area contributed by atoms with Gasteiger partial charge in [-0.3, -0.25) is 0 Å². The lowest BCUT2D eigenvalue weighted by Gasteiger charge is -2.32. The van der Waals surface area contributed by atoms with Crippen LogP contribution in [0.2, 0.25) is 0 Å². The van der Waals surface area contributed by atoms with Crippen molar-refractivity contribution in [1.29, 1.82) is 0 Å². The van der Waals surface area contributed by atoms with Crippen LogP contribution in [0.25, 0.3) is 0 Å². The molecule has 2 fully saturated rings. The zero-order chi connectivity index (χ0) is 14.3. The second kappa shape index (κ2) is 7.98. The minimum atomic E-state index is 0.591. The summed E-state index contributed by atoms with van der Waals surface area (Å²) in [6.07, 6.45) is 14.4. The Morgan fingerprint density at radius 2 is 1.52 bits per heavy atom. The van der Waals surface area contributed by atoms with Crippen molar-refractivity contribution in [2.75, 3.05) is 6.54 Å². The minimum Gasteiger partial charge on any atom is -0.310 e. The van der Waals surface area contributed by atoms with Crippen LogP contribution in [0, 0.1) is 11.8 Å². The first-order valence-electron chi connectivity index (χ1n) is 9.22. The van der Waals surface area contributed by atoms with Gasteiger partial charge in [-0.05, 0) is 43.2 Å². The molecule has 3 rings (SSSR count). The number of hydrogen-bond donors (Lipinski definition) is 1. The zero-order valence-corrected chi connectivity index (χ0v) is 13.4. The quantitative estimate of drug-likeness (QED) is 0.730. The van der Waals surface area contributed by atoms with E-state index in [9.17, 15) is 0 Å². The molecule has 0 bridgehead atoms. The first kappa shape index (κ1) is 15.1. The third-order valence-electron chi connectivity index (χ3n) is 5.67. The number of nitrogens with one attached hydrogen (secondary N) is 1. The van der Waals surface area contributed by atoms with Crippen LogP contribution < -0.4 is 5.32 Å². The van der Waals surface area contributed by atoms with Crippen LogP contribution in [-0.4, -0.2) is 6.54 Å². The fourth-order valence-electron chi connectivity index (χ4n) is 4.43. The lowest BCUT2D eigenvalue weighted by Crippen LogP contribution is -2.31. The summed E-state index contributed by atoms with van der Waals surface area (Å²) in [6.45, 7) is 1.21. The van der Waals surface area contributed by atoms with Crippen LogP contribution in [0.5, 0.6) is 0 Å². The van der Waals surface area contributed by atoms with Gasteiger partial charge in [0.15, 0.2) is 0 Å². The first-order chi connectivity index (χ1) is 10.4. The van der Waals surface area contributed by atoms with Crippen molar-refractivity contribution in [2.45, 2.75) is 70.3 Å². The summed E-state index contributed by atoms with van der Waals surface area (Å²) in [5.41, 5.74) is 1.51. The van der Waals surface area contributed by atoms with Crippen LogP contribution in [-0.2, 0) is 0 Å². The van der Waals surface area contributed by atoms with Gasteiger partial charge in [0.1, 0.15) is 0 Å². The van der Waals surface area contributed by atoms with Crippen LogP contribution in [0.15, 0.2) is 30.3 Å². The Hall–Kier alpha value is -0.820. The van der Waals surface area contributed by atoms with Crippen LogP contribution in [0.3, 0.4) is 0 Å². The maximum atomic E-state index is 3.93. The van der Waals surface area contributed by atoms with Crippen molar-refractivity contribution in [2.24, 2.45) is 11.8 Å². The van der Waals surface area contributed by atoms with Gasteiger partial charge >= 0.3 is 0 Å². The maximum absolute atomic E-state index is 3.93. The molecular formula is C20H31N. The summed E-state index contributed by atoms with van der Waals surface area (Å²) in [7, 11) is 0. The predicted molar refractivity (Wildman–Crippen MR) is 90.3 cm³/mol. The Kier molecular flexibility index (Phi) is 5.74. The molecule has 1 atom stereocenters. The molecule has 0 amide bonds. The van der Waals surface area contributed by atoms with Crippen molar-refractivity contribution >= 4 is 0 Å². The molecule has 1 nitrogen and oxygen atoms in total. The molecule has 0 aliphatic heterocycles. The van der Waals surface area contributed by atoms with E-state index < -0.39 is 0 Å². The van der Waals surface area contributed by atoms with Gasteiger partial charge in [0.05, 0.1) is 0 Å². The van der Waals surface area contributed by atoms with Crippen molar-refractivity contribution in [3.63, 3.8) is 0 Å². The van der Waals surface area contributed by atoms with Crippen molar-refractivity contribution < 1.29 is 0 Å². The number of benzene rings is 1. The molecule has 1 N–H and O–H groups in total. The van der Waals surface area contributed by atoms with Gasteiger partial charge in [0.25, 0.3) is 0 Å². The highest BCUT2D eigenvalue weighted by Crippen LogP contribution is 2.35. The van der Waals surface area contributed by atoms with E-state index in [1.165, 1.54) is 76.3 Å². The van der Waals surface area contributed by atoms with E-state index in [-0.39, 0.29) is 0 Å². The highest BCUT2D eigenvalue weighted by molar-refractivity contribution is 5.19. The molecule has 0 saturated heterocycles. The lowest BCUT2D eigenvalue weighted by atomic mass is 9.81. The molecule has 0 heterocycles. The van der Waals surface area contributed by atoms with Gasteiger partial charge in [-0.2, -0.15) is 0 Å². The molecule has 1 unspecified atom stereocenters. The number of hydrogen-bond acceptors (Lipinski definition) is 1. The summed E-state index contributed by atoms with van der Waals surface area (Å²) in [6, 6.07) is 11.8. The van der Waals surface area contributed by atoms with E-state index in [0.29, 0.717) is 6.04 Å². The monoisotopic (exact) mass is 285 g/mol. The molecule has 1 aromatic carbocycles. The second-order valence-corrected chi connectivity index (χ2v) is 7.18. The van der Waals surface area contributed by atoms with E-state index in [2.05, 4.69) is 35.6 Å². The Morgan fingerprint density at radius 1 is 0.857 bits per heavy atom. The lowest BCUT2D eigenvalue weighted by molar-refractivity contribution is 0.267. The molecule has 2 saturated carbocycles. The molecule has 0 spiro atoms. The average Bonchev–Trinajstić information content (AvgIpc) is 3.07. The van der Waals surface area contributed by atoms with E-state index in [1.807, 2.05) is 0 Å². The standard InChI is InChI=1S/C20H31N/c1-3-11-18(12-4-1)20(19-13-5-2-6-14-19)21-16-15-17-9-7-8-10-17/h1,3-4,11-12,17,19-21H,2,5-10,13-16H2. The summed E-state index contributed by atoms with van der Waals surface area (Å²) in [4.78, 5) is 0. The Labute approximate surface area is 130 Å². The molecule has 1 aromatic rings. The Bertz CT molecular complexity index is 388. The summed E-state index contributed by atoms with van der Waals surface area (Å²) in [5, 5.41) is 3.93. The molecule has 2 aliphatic rings. The van der Waals surface area contributed by atoms with Gasteiger partial charge in [0, 0.05) is 6.04 Å². The third kappa shape index (κ3) is 4.32. The fraction of sp³-hybridized carbons (Fsp3) is 0.700. The molecule has 0 radical (unpaired) electrons. The fourth-order valence-corrected chi connectivity index (χ4v) is 4.43. The summed E-state index contributed by atoms with van der Waals surface area (Å²) >= 11 is 0. The average molecular weight is 285 g/mol.